The zero-order valence-electron chi connectivity index (χ0n) is 51.0. The molecule has 0 aliphatic carbocycles. The molecule has 0 fully saturated rings. The van der Waals surface area contributed by atoms with Gasteiger partial charge in [-0.25, -0.2) is 4.98 Å². The van der Waals surface area contributed by atoms with E-state index in [2.05, 4.69) is 304 Å². The molecule has 408 valence electrons. The zero-order chi connectivity index (χ0) is 57.0. The Morgan fingerprint density at radius 2 is 0.861 bits per heavy atom. The third-order valence-corrected chi connectivity index (χ3v) is 17.0. The maximum Gasteiger partial charge on any atom is 0.137 e. The Bertz CT molecular complexity index is 3750. The molecule has 5 nitrogen and oxygen atoms in total. The van der Waals surface area contributed by atoms with E-state index >= 15 is 0 Å². The largest absolute Gasteiger partial charge is 0.457 e. The third-order valence-electron chi connectivity index (χ3n) is 17.0. The molecule has 10 rings (SSSR count). The van der Waals surface area contributed by atoms with Gasteiger partial charge in [-0.1, -0.05) is 204 Å². The standard InChI is InChI=1S/C74H86N4O/c1-68(2,3)50-34-35-75-67(42-50)78-63-33-30-51(73(16,17)48-26-22-20-23-27-48)41-60(63)59-32-31-57(44-64(59)78)79-58-40-53(70(7,8)9)38-56(43-58)77-47-76(65-45-61(71(10,11)12)62(46-66(65)77)72(13,14)15)55-37-52(69(4,5)6)36-54(39-55)74(18,19)49-28-24-21-25-29-49/h20-46H,47H2,1-19H3. The van der Waals surface area contributed by atoms with Gasteiger partial charge in [0.1, 0.15) is 24.0 Å². The first-order valence-electron chi connectivity index (χ1n) is 28.7. The van der Waals surface area contributed by atoms with Crippen LogP contribution in [0.15, 0.2) is 164 Å². The second-order valence-corrected chi connectivity index (χ2v) is 28.9. The van der Waals surface area contributed by atoms with Crippen LogP contribution < -0.4 is 14.5 Å². The van der Waals surface area contributed by atoms with Crippen molar-refractivity contribution in [1.82, 2.24) is 9.55 Å². The first-order chi connectivity index (χ1) is 36.8. The Morgan fingerprint density at radius 3 is 1.39 bits per heavy atom. The number of anilines is 4. The minimum Gasteiger partial charge on any atom is -0.457 e. The number of ether oxygens (including phenoxy) is 1. The summed E-state index contributed by atoms with van der Waals surface area (Å²) >= 11 is 0. The lowest BCUT2D eigenvalue weighted by Gasteiger charge is -2.33. The Balaban J connectivity index is 1.14. The van der Waals surface area contributed by atoms with Gasteiger partial charge in [-0.2, -0.15) is 0 Å². The van der Waals surface area contributed by atoms with Crippen molar-refractivity contribution in [3.05, 3.63) is 214 Å². The molecular weight excluding hydrogens is 961 g/mol. The van der Waals surface area contributed by atoms with Crippen molar-refractivity contribution in [3.63, 3.8) is 0 Å². The van der Waals surface area contributed by atoms with Crippen molar-refractivity contribution in [2.24, 2.45) is 0 Å². The zero-order valence-corrected chi connectivity index (χ0v) is 51.0. The third kappa shape index (κ3) is 10.5. The number of rotatable bonds is 9. The van der Waals surface area contributed by atoms with Crippen LogP contribution in [-0.4, -0.2) is 16.2 Å². The lowest BCUT2D eigenvalue weighted by Crippen LogP contribution is -2.26. The van der Waals surface area contributed by atoms with E-state index in [1.165, 1.54) is 72.5 Å². The summed E-state index contributed by atoms with van der Waals surface area (Å²) in [6.07, 6.45) is 1.96. The van der Waals surface area contributed by atoms with E-state index in [4.69, 9.17) is 9.72 Å². The molecule has 5 heteroatoms. The number of hydrogen-bond donors (Lipinski definition) is 0. The molecule has 0 saturated heterocycles. The lowest BCUT2D eigenvalue weighted by atomic mass is 9.74. The van der Waals surface area contributed by atoms with E-state index in [1.54, 1.807) is 0 Å². The van der Waals surface area contributed by atoms with E-state index in [9.17, 15) is 0 Å². The van der Waals surface area contributed by atoms with Crippen molar-refractivity contribution >= 4 is 44.6 Å². The van der Waals surface area contributed by atoms with Crippen LogP contribution in [0.3, 0.4) is 0 Å². The van der Waals surface area contributed by atoms with E-state index in [1.807, 2.05) is 6.20 Å². The molecule has 0 unspecified atom stereocenters. The molecule has 1 aliphatic heterocycles. The second kappa shape index (κ2) is 19.3. The van der Waals surface area contributed by atoms with Crippen LogP contribution in [0, 0.1) is 0 Å². The number of pyridine rings is 1. The van der Waals surface area contributed by atoms with Crippen molar-refractivity contribution < 1.29 is 4.74 Å². The van der Waals surface area contributed by atoms with Gasteiger partial charge >= 0.3 is 0 Å². The Labute approximate surface area is 473 Å². The predicted molar refractivity (Wildman–Crippen MR) is 338 cm³/mol. The topological polar surface area (TPSA) is 33.5 Å². The van der Waals surface area contributed by atoms with E-state index in [-0.39, 0.29) is 37.9 Å². The van der Waals surface area contributed by atoms with Crippen molar-refractivity contribution in [1.29, 1.82) is 0 Å². The normalized spacial score (nSPS) is 13.9. The second-order valence-electron chi connectivity index (χ2n) is 28.9. The summed E-state index contributed by atoms with van der Waals surface area (Å²) in [5.74, 6) is 2.46. The summed E-state index contributed by atoms with van der Waals surface area (Å²) < 4.78 is 9.57. The maximum absolute atomic E-state index is 7.24. The summed E-state index contributed by atoms with van der Waals surface area (Å²) in [4.78, 5) is 10.2. The fourth-order valence-electron chi connectivity index (χ4n) is 11.7. The first kappa shape index (κ1) is 55.2. The fourth-order valence-corrected chi connectivity index (χ4v) is 11.7. The minimum absolute atomic E-state index is 0.0534. The van der Waals surface area contributed by atoms with Crippen LogP contribution in [0.2, 0.25) is 0 Å². The highest BCUT2D eigenvalue weighted by Gasteiger charge is 2.37. The molecule has 0 atom stereocenters. The van der Waals surface area contributed by atoms with E-state index in [0.717, 1.165) is 39.4 Å². The molecule has 0 spiro atoms. The molecule has 0 amide bonds. The van der Waals surface area contributed by atoms with Gasteiger partial charge in [0.15, 0.2) is 0 Å². The van der Waals surface area contributed by atoms with Crippen LogP contribution in [-0.2, 0) is 37.9 Å². The fraction of sp³-hybridized carbons (Fsp3) is 0.365. The molecule has 9 aromatic rings. The summed E-state index contributed by atoms with van der Waals surface area (Å²) in [5, 5.41) is 2.34. The highest BCUT2D eigenvalue weighted by molar-refractivity contribution is 6.10. The van der Waals surface area contributed by atoms with Gasteiger partial charge in [0.25, 0.3) is 0 Å². The SMILES string of the molecule is CC(C)(C)c1cc(Oc2ccc3c4cc(C(C)(C)c5ccccc5)ccc4n(-c4cc(C(C)(C)C)ccn4)c3c2)cc(N2CN(c3cc(C(C)(C)C)cc(C(C)(C)c4ccccc4)c3)c3cc(C(C)(C)C)c(C(C)(C)C)cc32)c1. The summed E-state index contributed by atoms with van der Waals surface area (Å²) in [6.45, 7) is 44.9. The van der Waals surface area contributed by atoms with Crippen LogP contribution in [0.5, 0.6) is 11.5 Å². The van der Waals surface area contributed by atoms with Gasteiger partial charge < -0.3 is 14.5 Å². The molecule has 2 aromatic heterocycles. The van der Waals surface area contributed by atoms with Gasteiger partial charge in [0.2, 0.25) is 0 Å². The highest BCUT2D eigenvalue weighted by atomic mass is 16.5. The highest BCUT2D eigenvalue weighted by Crippen LogP contribution is 2.52. The quantitative estimate of drug-likeness (QED) is 0.144. The molecule has 3 heterocycles. The van der Waals surface area contributed by atoms with Crippen molar-refractivity contribution in [2.45, 2.75) is 169 Å². The van der Waals surface area contributed by atoms with Gasteiger partial charge in [-0.3, -0.25) is 4.57 Å². The molecule has 7 aromatic carbocycles. The van der Waals surface area contributed by atoms with Crippen LogP contribution >= 0.6 is 0 Å². The van der Waals surface area contributed by atoms with Gasteiger partial charge in [0, 0.05) is 51.3 Å². The van der Waals surface area contributed by atoms with Gasteiger partial charge in [-0.05, 0) is 150 Å². The Morgan fingerprint density at radius 1 is 0.354 bits per heavy atom. The van der Waals surface area contributed by atoms with Gasteiger partial charge in [-0.15, -0.1) is 0 Å². The number of fused-ring (bicyclic) bond motifs is 4. The summed E-state index contributed by atoms with van der Waals surface area (Å²) in [6, 6.07) is 59.1. The Hall–Kier alpha value is -7.11. The molecule has 0 radical (unpaired) electrons. The predicted octanol–water partition coefficient (Wildman–Crippen LogP) is 20.4. The number of aromatic nitrogens is 2. The number of nitrogens with zero attached hydrogens (tertiary/aromatic N) is 4. The molecule has 0 bridgehead atoms. The van der Waals surface area contributed by atoms with Crippen molar-refractivity contribution in [2.75, 3.05) is 16.5 Å². The number of benzene rings is 7. The van der Waals surface area contributed by atoms with E-state index in [0.29, 0.717) is 6.67 Å². The monoisotopic (exact) mass is 1050 g/mol. The molecule has 79 heavy (non-hydrogen) atoms. The average molecular weight is 1050 g/mol. The first-order valence-corrected chi connectivity index (χ1v) is 28.7. The van der Waals surface area contributed by atoms with Crippen molar-refractivity contribution in [3.8, 4) is 17.3 Å². The van der Waals surface area contributed by atoms with Gasteiger partial charge in [0.05, 0.1) is 22.4 Å². The number of hydrogen-bond acceptors (Lipinski definition) is 4. The van der Waals surface area contributed by atoms with E-state index < -0.39 is 0 Å². The average Bonchev–Trinajstić information content (AvgIpc) is 4.01. The van der Waals surface area contributed by atoms with Crippen LogP contribution in [0.4, 0.5) is 22.7 Å². The lowest BCUT2D eigenvalue weighted by molar-refractivity contribution is 0.479. The molecule has 0 saturated carbocycles. The minimum atomic E-state index is -0.230. The molecule has 0 N–H and O–H groups in total. The van der Waals surface area contributed by atoms with Crippen LogP contribution in [0.25, 0.3) is 27.6 Å². The molecular formula is C74H86N4O. The van der Waals surface area contributed by atoms with Crippen LogP contribution in [0.1, 0.15) is 182 Å². The summed E-state index contributed by atoms with van der Waals surface area (Å²) in [5.41, 5.74) is 17.6. The smallest absolute Gasteiger partial charge is 0.137 e. The molecule has 1 aliphatic rings. The maximum atomic E-state index is 7.24. The summed E-state index contributed by atoms with van der Waals surface area (Å²) in [7, 11) is 0. The Kier molecular flexibility index (Phi) is 13.5.